The molecule has 4 nitrogen and oxygen atoms in total. The molecule has 4 rings (SSSR count). The fourth-order valence-electron chi connectivity index (χ4n) is 3.60. The van der Waals surface area contributed by atoms with Crippen LogP contribution in [0.4, 0.5) is 0 Å². The van der Waals surface area contributed by atoms with Gasteiger partial charge in [-0.15, -0.1) is 0 Å². The lowest BCUT2D eigenvalue weighted by molar-refractivity contribution is -0.126. The second-order valence-electron chi connectivity index (χ2n) is 7.58. The minimum Gasteiger partial charge on any atom is -0.348 e. The number of nitrogens with one attached hydrogen (secondary N) is 1. The molecule has 1 N–H and O–H groups in total. The molecular weight excluding hydrogens is 360 g/mol. The van der Waals surface area contributed by atoms with Crippen LogP contribution in [0.15, 0.2) is 55.1 Å². The van der Waals surface area contributed by atoms with Crippen LogP contribution in [0.3, 0.4) is 0 Å². The van der Waals surface area contributed by atoms with Gasteiger partial charge in [-0.3, -0.25) is 9.59 Å². The largest absolute Gasteiger partial charge is 0.348 e. The normalized spacial score (nSPS) is 15.0. The summed E-state index contributed by atoms with van der Waals surface area (Å²) in [7, 11) is 0. The second kappa shape index (κ2) is 8.36. The van der Waals surface area contributed by atoms with Crippen molar-refractivity contribution in [3.63, 3.8) is 0 Å². The van der Waals surface area contributed by atoms with Gasteiger partial charge in [0.05, 0.1) is 0 Å². The van der Waals surface area contributed by atoms with Gasteiger partial charge in [0, 0.05) is 36.7 Å². The van der Waals surface area contributed by atoms with Crippen molar-refractivity contribution < 1.29 is 9.59 Å². The van der Waals surface area contributed by atoms with Crippen LogP contribution in [0.1, 0.15) is 45.5 Å². The predicted octanol–water partition coefficient (Wildman–Crippen LogP) is 3.45. The lowest BCUT2D eigenvalue weighted by Gasteiger charge is -2.29. The molecule has 1 heterocycles. The van der Waals surface area contributed by atoms with Gasteiger partial charge in [-0.2, -0.15) is 0 Å². The van der Waals surface area contributed by atoms with Crippen molar-refractivity contribution in [3.8, 4) is 11.8 Å². The first kappa shape index (κ1) is 19.0. The molecule has 0 radical (unpaired) electrons. The Kier molecular flexibility index (Phi) is 5.48. The zero-order chi connectivity index (χ0) is 20.2. The number of fused-ring (bicyclic) bond motifs is 1. The summed E-state index contributed by atoms with van der Waals surface area (Å²) in [5, 5.41) is 3.03. The van der Waals surface area contributed by atoms with E-state index < -0.39 is 0 Å². The van der Waals surface area contributed by atoms with Crippen LogP contribution in [-0.4, -0.2) is 23.3 Å². The average Bonchev–Trinajstić information content (AvgIpc) is 3.59. The average molecular weight is 384 g/mol. The Balaban J connectivity index is 1.43. The van der Waals surface area contributed by atoms with Crippen LogP contribution in [0.25, 0.3) is 0 Å². The third-order valence-electron chi connectivity index (χ3n) is 5.41. The smallest absolute Gasteiger partial charge is 0.251 e. The number of carbonyl (C=O) groups excluding carboxylic acids is 2. The Labute approximate surface area is 171 Å². The molecule has 1 aliphatic heterocycles. The zero-order valence-corrected chi connectivity index (χ0v) is 16.4. The molecule has 2 aromatic carbocycles. The lowest BCUT2D eigenvalue weighted by atomic mass is 9.94. The topological polar surface area (TPSA) is 49.4 Å². The molecule has 1 aliphatic carbocycles. The van der Waals surface area contributed by atoms with Crippen LogP contribution in [-0.2, 0) is 24.3 Å². The van der Waals surface area contributed by atoms with Crippen LogP contribution in [0, 0.1) is 17.8 Å². The summed E-state index contributed by atoms with van der Waals surface area (Å²) in [6.07, 6.45) is 4.52. The number of hydrogen-bond acceptors (Lipinski definition) is 2. The first-order valence-electron chi connectivity index (χ1n) is 10.0. The summed E-state index contributed by atoms with van der Waals surface area (Å²) in [4.78, 5) is 26.3. The third-order valence-corrected chi connectivity index (χ3v) is 5.41. The standard InChI is InChI=1S/C25H24N2O2/c1-2-24(28)27-14-13-23-21(7-4-8-22(23)17-27)16-26-25(29)20-6-3-5-19(15-20)12-11-18-9-10-18/h2-8,15,18H,1,9-10,13-14,16-17H2,(H,26,29). The van der Waals surface area contributed by atoms with E-state index in [1.54, 1.807) is 4.90 Å². The first-order valence-corrected chi connectivity index (χ1v) is 10.0. The molecule has 1 fully saturated rings. The predicted molar refractivity (Wildman–Crippen MR) is 113 cm³/mol. The summed E-state index contributed by atoms with van der Waals surface area (Å²) >= 11 is 0. The third kappa shape index (κ3) is 4.57. The van der Waals surface area contributed by atoms with Crippen LogP contribution >= 0.6 is 0 Å². The van der Waals surface area contributed by atoms with Gasteiger partial charge in [0.2, 0.25) is 5.91 Å². The summed E-state index contributed by atoms with van der Waals surface area (Å²) in [6, 6.07) is 13.6. The molecule has 0 spiro atoms. The number of benzene rings is 2. The van der Waals surface area contributed by atoms with Crippen molar-refractivity contribution in [3.05, 3.63) is 82.9 Å². The molecule has 0 bridgehead atoms. The Morgan fingerprint density at radius 2 is 2.03 bits per heavy atom. The van der Waals surface area contributed by atoms with E-state index in [0.717, 1.165) is 23.1 Å². The molecule has 0 saturated heterocycles. The summed E-state index contributed by atoms with van der Waals surface area (Å²) in [6.45, 7) is 5.29. The van der Waals surface area contributed by atoms with Crippen LogP contribution in [0.2, 0.25) is 0 Å². The number of nitrogens with zero attached hydrogens (tertiary/aromatic N) is 1. The molecule has 2 aliphatic rings. The number of carbonyl (C=O) groups is 2. The Morgan fingerprint density at radius 1 is 1.21 bits per heavy atom. The summed E-state index contributed by atoms with van der Waals surface area (Å²) < 4.78 is 0. The van der Waals surface area contributed by atoms with Gasteiger partial charge in [0.15, 0.2) is 0 Å². The van der Waals surface area contributed by atoms with E-state index in [-0.39, 0.29) is 11.8 Å². The Morgan fingerprint density at radius 3 is 2.83 bits per heavy atom. The molecule has 4 heteroatoms. The highest BCUT2D eigenvalue weighted by molar-refractivity contribution is 5.94. The maximum atomic E-state index is 12.6. The van der Waals surface area contributed by atoms with Crippen molar-refractivity contribution in [2.75, 3.05) is 6.54 Å². The molecule has 2 amide bonds. The quantitative estimate of drug-likeness (QED) is 0.648. The van der Waals surface area contributed by atoms with Gasteiger partial charge in [-0.05, 0) is 60.2 Å². The van der Waals surface area contributed by atoms with Crippen molar-refractivity contribution in [1.29, 1.82) is 0 Å². The van der Waals surface area contributed by atoms with E-state index in [1.807, 2.05) is 42.5 Å². The minimum atomic E-state index is -0.100. The van der Waals surface area contributed by atoms with Crippen molar-refractivity contribution in [1.82, 2.24) is 10.2 Å². The molecular formula is C25H24N2O2. The molecule has 29 heavy (non-hydrogen) atoms. The van der Waals surface area contributed by atoms with Gasteiger partial charge >= 0.3 is 0 Å². The molecule has 0 aromatic heterocycles. The SMILES string of the molecule is C=CC(=O)N1CCc2c(CNC(=O)c3cccc(C#CC4CC4)c3)cccc2C1. The van der Waals surface area contributed by atoms with E-state index in [4.69, 9.17) is 0 Å². The molecule has 2 aromatic rings. The lowest BCUT2D eigenvalue weighted by Crippen LogP contribution is -2.35. The van der Waals surface area contributed by atoms with Gasteiger partial charge in [0.25, 0.3) is 5.91 Å². The molecule has 0 atom stereocenters. The maximum absolute atomic E-state index is 12.6. The Bertz CT molecular complexity index is 1020. The maximum Gasteiger partial charge on any atom is 0.251 e. The molecule has 146 valence electrons. The minimum absolute atomic E-state index is 0.0426. The van der Waals surface area contributed by atoms with Gasteiger partial charge < -0.3 is 10.2 Å². The second-order valence-corrected chi connectivity index (χ2v) is 7.58. The number of rotatable bonds is 4. The van der Waals surface area contributed by atoms with Crippen molar-refractivity contribution in [2.24, 2.45) is 5.92 Å². The monoisotopic (exact) mass is 384 g/mol. The number of amides is 2. The van der Waals surface area contributed by atoms with Crippen LogP contribution in [0.5, 0.6) is 0 Å². The highest BCUT2D eigenvalue weighted by Crippen LogP contribution is 2.27. The number of hydrogen-bond donors (Lipinski definition) is 1. The van der Waals surface area contributed by atoms with Crippen molar-refractivity contribution >= 4 is 11.8 Å². The summed E-state index contributed by atoms with van der Waals surface area (Å²) in [5.74, 6) is 6.79. The highest BCUT2D eigenvalue weighted by Gasteiger charge is 2.21. The van der Waals surface area contributed by atoms with E-state index in [9.17, 15) is 9.59 Å². The van der Waals surface area contributed by atoms with Crippen molar-refractivity contribution in [2.45, 2.75) is 32.4 Å². The van der Waals surface area contributed by atoms with E-state index in [2.05, 4.69) is 23.7 Å². The fourth-order valence-corrected chi connectivity index (χ4v) is 3.60. The Hall–Kier alpha value is -3.32. The van der Waals surface area contributed by atoms with Crippen LogP contribution < -0.4 is 5.32 Å². The first-order chi connectivity index (χ1) is 14.1. The van der Waals surface area contributed by atoms with Gasteiger partial charge in [-0.1, -0.05) is 42.7 Å². The van der Waals surface area contributed by atoms with Gasteiger partial charge in [-0.25, -0.2) is 0 Å². The van der Waals surface area contributed by atoms with Gasteiger partial charge in [0.1, 0.15) is 0 Å². The molecule has 0 unspecified atom stereocenters. The summed E-state index contributed by atoms with van der Waals surface area (Å²) in [5.41, 5.74) is 4.97. The fraction of sp³-hybridized carbons (Fsp3) is 0.280. The highest BCUT2D eigenvalue weighted by atomic mass is 16.2. The molecule has 1 saturated carbocycles. The van der Waals surface area contributed by atoms with E-state index in [0.29, 0.717) is 31.1 Å². The van der Waals surface area contributed by atoms with E-state index in [1.165, 1.54) is 24.5 Å². The zero-order valence-electron chi connectivity index (χ0n) is 16.4. The van der Waals surface area contributed by atoms with E-state index >= 15 is 0 Å².